The van der Waals surface area contributed by atoms with Gasteiger partial charge in [-0.25, -0.2) is 10.2 Å². The second-order valence-corrected chi connectivity index (χ2v) is 6.76. The monoisotopic (exact) mass is 426 g/mol. The Balaban J connectivity index is 1.39. The first-order valence-corrected chi connectivity index (χ1v) is 9.67. The van der Waals surface area contributed by atoms with Gasteiger partial charge in [0.2, 0.25) is 0 Å². The number of furan rings is 1. The quantitative estimate of drug-likeness (QED) is 0.155. The van der Waals surface area contributed by atoms with Crippen LogP contribution in [-0.2, 0) is 4.79 Å². The molecule has 32 heavy (non-hydrogen) atoms. The molecule has 3 aromatic carbocycles. The molecule has 0 radical (unpaired) electrons. The molecule has 7 heteroatoms. The molecule has 0 saturated heterocycles. The SMILES string of the molecule is O=C(/C=C\c1ccco1)Oc1cccc(/C=N\NC(=O)c2cc3ccccc3cc2O)c1. The molecule has 0 aliphatic rings. The summed E-state index contributed by atoms with van der Waals surface area (Å²) in [4.78, 5) is 24.4. The van der Waals surface area contributed by atoms with Crippen LogP contribution in [-0.4, -0.2) is 23.2 Å². The van der Waals surface area contributed by atoms with Crippen LogP contribution in [0.4, 0.5) is 0 Å². The summed E-state index contributed by atoms with van der Waals surface area (Å²) in [6, 6.07) is 20.6. The molecular formula is C25H18N2O5. The minimum Gasteiger partial charge on any atom is -0.507 e. The van der Waals surface area contributed by atoms with E-state index in [9.17, 15) is 14.7 Å². The summed E-state index contributed by atoms with van der Waals surface area (Å²) in [7, 11) is 0. The fraction of sp³-hybridized carbons (Fsp3) is 0. The first kappa shape index (κ1) is 20.6. The van der Waals surface area contributed by atoms with Crippen molar-refractivity contribution in [3.05, 3.63) is 102 Å². The standard InChI is InChI=1S/C25H18N2O5/c28-23-15-19-7-2-1-6-18(19)14-22(23)25(30)27-26-16-17-5-3-8-21(13-17)32-24(29)11-10-20-9-4-12-31-20/h1-16,28H,(H,27,30)/b11-10-,26-16-. The van der Waals surface area contributed by atoms with Gasteiger partial charge in [-0.05, 0) is 58.8 Å². The van der Waals surface area contributed by atoms with E-state index in [1.165, 1.54) is 30.7 Å². The van der Waals surface area contributed by atoms with E-state index in [-0.39, 0.29) is 11.3 Å². The van der Waals surface area contributed by atoms with Crippen LogP contribution in [0.2, 0.25) is 0 Å². The number of fused-ring (bicyclic) bond motifs is 1. The molecule has 2 N–H and O–H groups in total. The lowest BCUT2D eigenvalue weighted by Crippen LogP contribution is -2.17. The molecule has 1 heterocycles. The number of phenols is 1. The normalized spacial score (nSPS) is 11.2. The minimum absolute atomic E-state index is 0.117. The highest BCUT2D eigenvalue weighted by Crippen LogP contribution is 2.24. The predicted octanol–water partition coefficient (Wildman–Crippen LogP) is 4.52. The lowest BCUT2D eigenvalue weighted by molar-refractivity contribution is -0.128. The molecular weight excluding hydrogens is 408 g/mol. The number of amides is 1. The fourth-order valence-corrected chi connectivity index (χ4v) is 2.98. The number of nitrogens with one attached hydrogen (secondary N) is 1. The molecule has 1 amide bonds. The van der Waals surface area contributed by atoms with Crippen molar-refractivity contribution in [1.82, 2.24) is 5.43 Å². The van der Waals surface area contributed by atoms with Gasteiger partial charge in [0.1, 0.15) is 17.3 Å². The molecule has 0 aliphatic carbocycles. The van der Waals surface area contributed by atoms with Crippen LogP contribution in [0.3, 0.4) is 0 Å². The van der Waals surface area contributed by atoms with Crippen LogP contribution in [0.5, 0.6) is 11.5 Å². The van der Waals surface area contributed by atoms with E-state index in [0.29, 0.717) is 17.1 Å². The summed E-state index contributed by atoms with van der Waals surface area (Å²) >= 11 is 0. The van der Waals surface area contributed by atoms with Crippen LogP contribution in [0.25, 0.3) is 16.8 Å². The Morgan fingerprint density at radius 3 is 2.56 bits per heavy atom. The Bertz CT molecular complexity index is 1320. The Hall–Kier alpha value is -4.65. The fourth-order valence-electron chi connectivity index (χ4n) is 2.98. The Morgan fingerprint density at radius 2 is 1.78 bits per heavy atom. The number of esters is 1. The highest BCUT2D eigenvalue weighted by molar-refractivity contribution is 6.01. The maximum Gasteiger partial charge on any atom is 0.336 e. The molecule has 0 bridgehead atoms. The van der Waals surface area contributed by atoms with Crippen molar-refractivity contribution in [2.45, 2.75) is 0 Å². The molecule has 1 aromatic heterocycles. The number of benzene rings is 3. The van der Waals surface area contributed by atoms with Crippen LogP contribution in [0.15, 0.2) is 94.7 Å². The zero-order chi connectivity index (χ0) is 22.3. The van der Waals surface area contributed by atoms with Gasteiger partial charge in [-0.2, -0.15) is 5.10 Å². The summed E-state index contributed by atoms with van der Waals surface area (Å²) in [6.07, 6.45) is 5.68. The van der Waals surface area contributed by atoms with E-state index in [2.05, 4.69) is 10.5 Å². The topological polar surface area (TPSA) is 101 Å². The summed E-state index contributed by atoms with van der Waals surface area (Å²) in [6.45, 7) is 0. The first-order valence-electron chi connectivity index (χ1n) is 9.67. The Labute approximate surface area is 183 Å². The Kier molecular flexibility index (Phi) is 6.08. The van der Waals surface area contributed by atoms with Gasteiger partial charge in [0.05, 0.1) is 18.0 Å². The third-order valence-electron chi connectivity index (χ3n) is 4.49. The number of aromatic hydroxyl groups is 1. The van der Waals surface area contributed by atoms with E-state index in [4.69, 9.17) is 9.15 Å². The van der Waals surface area contributed by atoms with Gasteiger partial charge < -0.3 is 14.3 Å². The average Bonchev–Trinajstić information content (AvgIpc) is 3.31. The van der Waals surface area contributed by atoms with Crippen molar-refractivity contribution in [1.29, 1.82) is 0 Å². The number of carbonyl (C=O) groups is 2. The summed E-state index contributed by atoms with van der Waals surface area (Å²) < 4.78 is 10.4. The number of rotatable bonds is 6. The van der Waals surface area contributed by atoms with Gasteiger partial charge in [0.15, 0.2) is 0 Å². The number of hydrazone groups is 1. The third kappa shape index (κ3) is 5.09. The van der Waals surface area contributed by atoms with Gasteiger partial charge in [-0.1, -0.05) is 36.4 Å². The zero-order valence-electron chi connectivity index (χ0n) is 16.8. The van der Waals surface area contributed by atoms with Crippen LogP contribution in [0, 0.1) is 0 Å². The largest absolute Gasteiger partial charge is 0.507 e. The van der Waals surface area contributed by atoms with E-state index in [1.807, 2.05) is 24.3 Å². The maximum atomic E-state index is 12.4. The second-order valence-electron chi connectivity index (χ2n) is 6.76. The second kappa shape index (κ2) is 9.44. The molecule has 0 spiro atoms. The van der Waals surface area contributed by atoms with E-state index in [0.717, 1.165) is 10.8 Å². The number of carbonyl (C=O) groups excluding carboxylic acids is 2. The average molecular weight is 426 g/mol. The third-order valence-corrected chi connectivity index (χ3v) is 4.49. The highest BCUT2D eigenvalue weighted by Gasteiger charge is 2.11. The molecule has 0 atom stereocenters. The van der Waals surface area contributed by atoms with Crippen molar-refractivity contribution < 1.29 is 23.8 Å². The first-order chi connectivity index (χ1) is 15.6. The number of phenolic OH excluding ortho intramolecular Hbond substituents is 1. The van der Waals surface area contributed by atoms with Crippen molar-refractivity contribution in [3.8, 4) is 11.5 Å². The smallest absolute Gasteiger partial charge is 0.336 e. The van der Waals surface area contributed by atoms with E-state index >= 15 is 0 Å². The number of ether oxygens (including phenoxy) is 1. The predicted molar refractivity (Wildman–Crippen MR) is 120 cm³/mol. The molecule has 4 aromatic rings. The van der Waals surface area contributed by atoms with Crippen molar-refractivity contribution in [3.63, 3.8) is 0 Å². The number of hydrogen-bond donors (Lipinski definition) is 2. The molecule has 0 aliphatic heterocycles. The minimum atomic E-state index is -0.560. The van der Waals surface area contributed by atoms with Gasteiger partial charge in [0.25, 0.3) is 5.91 Å². The van der Waals surface area contributed by atoms with Crippen molar-refractivity contribution >= 4 is 34.9 Å². The molecule has 0 saturated carbocycles. The summed E-state index contributed by atoms with van der Waals surface area (Å²) in [5.41, 5.74) is 3.11. The number of hydrogen-bond acceptors (Lipinski definition) is 6. The van der Waals surface area contributed by atoms with Gasteiger partial charge in [-0.3, -0.25) is 4.79 Å². The molecule has 7 nitrogen and oxygen atoms in total. The lowest BCUT2D eigenvalue weighted by atomic mass is 10.1. The molecule has 0 fully saturated rings. The van der Waals surface area contributed by atoms with Gasteiger partial charge >= 0.3 is 5.97 Å². The van der Waals surface area contributed by atoms with Crippen LogP contribution >= 0.6 is 0 Å². The summed E-state index contributed by atoms with van der Waals surface area (Å²) in [5.74, 6) is -0.379. The van der Waals surface area contributed by atoms with E-state index < -0.39 is 11.9 Å². The van der Waals surface area contributed by atoms with Crippen LogP contribution in [0.1, 0.15) is 21.7 Å². The van der Waals surface area contributed by atoms with Crippen LogP contribution < -0.4 is 10.2 Å². The van der Waals surface area contributed by atoms with Crippen molar-refractivity contribution in [2.75, 3.05) is 0 Å². The zero-order valence-corrected chi connectivity index (χ0v) is 16.8. The molecule has 158 valence electrons. The van der Waals surface area contributed by atoms with Gasteiger partial charge in [0, 0.05) is 6.08 Å². The Morgan fingerprint density at radius 1 is 0.969 bits per heavy atom. The lowest BCUT2D eigenvalue weighted by Gasteiger charge is -2.06. The summed E-state index contributed by atoms with van der Waals surface area (Å²) in [5, 5.41) is 15.7. The maximum absolute atomic E-state index is 12.4. The number of nitrogens with zero attached hydrogens (tertiary/aromatic N) is 1. The van der Waals surface area contributed by atoms with Gasteiger partial charge in [-0.15, -0.1) is 0 Å². The molecule has 0 unspecified atom stereocenters. The highest BCUT2D eigenvalue weighted by atomic mass is 16.5. The van der Waals surface area contributed by atoms with Crippen molar-refractivity contribution in [2.24, 2.45) is 5.10 Å². The molecule has 4 rings (SSSR count). The van der Waals surface area contributed by atoms with E-state index in [1.54, 1.807) is 42.5 Å².